The number of carbonyl (C=O) groups is 2. The number of ether oxygens (including phenoxy) is 1. The highest BCUT2D eigenvalue weighted by molar-refractivity contribution is 7.18. The van der Waals surface area contributed by atoms with Crippen LogP contribution in [0.3, 0.4) is 0 Å². The van der Waals surface area contributed by atoms with Gasteiger partial charge in [-0.3, -0.25) is 9.59 Å². The number of hydrogen-bond acceptors (Lipinski definition) is 7. The number of esters is 1. The molecule has 1 fully saturated rings. The fourth-order valence-electron chi connectivity index (χ4n) is 3.73. The van der Waals surface area contributed by atoms with Gasteiger partial charge in [-0.25, -0.2) is 9.97 Å². The van der Waals surface area contributed by atoms with Crippen LogP contribution in [-0.4, -0.2) is 60.5 Å². The second-order valence-electron chi connectivity index (χ2n) is 7.36. The molecule has 2 aromatic rings. The standard InChI is InChI=1S/C20H28N4O3S/c1-13-14(2)28-19-17(13)18(21-12-22-19)24-10-7-15(8-11-24)20(26)23(3)9-5-6-16(25)27-4/h12,15H,5-11H2,1-4H3. The van der Waals surface area contributed by atoms with Gasteiger partial charge in [0.1, 0.15) is 17.0 Å². The van der Waals surface area contributed by atoms with Crippen molar-refractivity contribution in [3.05, 3.63) is 16.8 Å². The number of methoxy groups -OCH3 is 1. The number of thiophene rings is 1. The second kappa shape index (κ2) is 8.86. The van der Waals surface area contributed by atoms with Crippen molar-refractivity contribution in [2.24, 2.45) is 5.92 Å². The third-order valence-electron chi connectivity index (χ3n) is 5.57. The zero-order valence-corrected chi connectivity index (χ0v) is 17.8. The molecular weight excluding hydrogens is 376 g/mol. The first kappa shape index (κ1) is 20.5. The van der Waals surface area contributed by atoms with Crippen molar-refractivity contribution in [3.63, 3.8) is 0 Å². The number of amides is 1. The van der Waals surface area contributed by atoms with Gasteiger partial charge in [0, 0.05) is 43.9 Å². The van der Waals surface area contributed by atoms with Crippen LogP contribution in [0, 0.1) is 19.8 Å². The van der Waals surface area contributed by atoms with E-state index in [4.69, 9.17) is 0 Å². The number of rotatable bonds is 6. The van der Waals surface area contributed by atoms with Gasteiger partial charge in [-0.2, -0.15) is 0 Å². The highest BCUT2D eigenvalue weighted by atomic mass is 32.1. The van der Waals surface area contributed by atoms with Gasteiger partial charge in [0.25, 0.3) is 0 Å². The Morgan fingerprint density at radius 1 is 1.29 bits per heavy atom. The predicted octanol–water partition coefficient (Wildman–Crippen LogP) is 2.94. The molecule has 7 nitrogen and oxygen atoms in total. The molecule has 28 heavy (non-hydrogen) atoms. The predicted molar refractivity (Wildman–Crippen MR) is 111 cm³/mol. The first-order valence-electron chi connectivity index (χ1n) is 9.69. The summed E-state index contributed by atoms with van der Waals surface area (Å²) < 4.78 is 4.65. The molecule has 0 aromatic carbocycles. The lowest BCUT2D eigenvalue weighted by molar-refractivity contribution is -0.141. The molecular formula is C20H28N4O3S. The molecule has 0 saturated carbocycles. The Bertz CT molecular complexity index is 858. The maximum Gasteiger partial charge on any atom is 0.305 e. The summed E-state index contributed by atoms with van der Waals surface area (Å²) in [5.41, 5.74) is 1.25. The van der Waals surface area contributed by atoms with Gasteiger partial charge in [0.15, 0.2) is 0 Å². The summed E-state index contributed by atoms with van der Waals surface area (Å²) in [6, 6.07) is 0. The van der Waals surface area contributed by atoms with Crippen LogP contribution in [0.2, 0.25) is 0 Å². The maximum absolute atomic E-state index is 12.7. The number of anilines is 1. The normalized spacial score (nSPS) is 15.1. The minimum Gasteiger partial charge on any atom is -0.469 e. The van der Waals surface area contributed by atoms with Crippen LogP contribution in [-0.2, 0) is 14.3 Å². The Labute approximate surface area is 169 Å². The molecule has 1 saturated heterocycles. The smallest absolute Gasteiger partial charge is 0.305 e. The van der Waals surface area contributed by atoms with Crippen LogP contribution < -0.4 is 4.90 Å². The molecule has 152 valence electrons. The van der Waals surface area contributed by atoms with Crippen molar-refractivity contribution in [2.75, 3.05) is 38.7 Å². The van der Waals surface area contributed by atoms with Gasteiger partial charge in [0.05, 0.1) is 12.5 Å². The van der Waals surface area contributed by atoms with E-state index >= 15 is 0 Å². The van der Waals surface area contributed by atoms with Crippen LogP contribution in [0.5, 0.6) is 0 Å². The van der Waals surface area contributed by atoms with E-state index in [2.05, 4.69) is 33.5 Å². The van der Waals surface area contributed by atoms with Gasteiger partial charge in [0.2, 0.25) is 5.91 Å². The molecule has 0 bridgehead atoms. The third-order valence-corrected chi connectivity index (χ3v) is 6.68. The minimum atomic E-state index is -0.232. The van der Waals surface area contributed by atoms with E-state index in [1.807, 2.05) is 7.05 Å². The number of fused-ring (bicyclic) bond motifs is 1. The van der Waals surface area contributed by atoms with Crippen molar-refractivity contribution in [3.8, 4) is 0 Å². The van der Waals surface area contributed by atoms with Crippen LogP contribution in [0.15, 0.2) is 6.33 Å². The number of carbonyl (C=O) groups excluding carboxylic acids is 2. The van der Waals surface area contributed by atoms with E-state index in [0.29, 0.717) is 19.4 Å². The molecule has 0 aliphatic carbocycles. The summed E-state index contributed by atoms with van der Waals surface area (Å²) in [5, 5.41) is 1.15. The summed E-state index contributed by atoms with van der Waals surface area (Å²) in [6.07, 6.45) is 4.24. The van der Waals surface area contributed by atoms with E-state index < -0.39 is 0 Å². The number of aromatic nitrogens is 2. The molecule has 8 heteroatoms. The second-order valence-corrected chi connectivity index (χ2v) is 8.56. The van der Waals surface area contributed by atoms with Crippen molar-refractivity contribution in [1.82, 2.24) is 14.9 Å². The SMILES string of the molecule is COC(=O)CCCN(C)C(=O)C1CCN(c2ncnc3sc(C)c(C)c23)CC1. The fourth-order valence-corrected chi connectivity index (χ4v) is 4.72. The summed E-state index contributed by atoms with van der Waals surface area (Å²) in [7, 11) is 3.20. The number of aryl methyl sites for hydroxylation is 2. The Kier molecular flexibility index (Phi) is 6.49. The Morgan fingerprint density at radius 3 is 2.68 bits per heavy atom. The first-order valence-corrected chi connectivity index (χ1v) is 10.5. The van der Waals surface area contributed by atoms with E-state index in [9.17, 15) is 9.59 Å². The zero-order chi connectivity index (χ0) is 20.3. The summed E-state index contributed by atoms with van der Waals surface area (Å²) in [5.74, 6) is 0.954. The molecule has 1 aliphatic rings. The monoisotopic (exact) mass is 404 g/mol. The third kappa shape index (κ3) is 4.27. The number of hydrogen-bond donors (Lipinski definition) is 0. The summed E-state index contributed by atoms with van der Waals surface area (Å²) >= 11 is 1.71. The molecule has 0 radical (unpaired) electrons. The lowest BCUT2D eigenvalue weighted by Gasteiger charge is -2.34. The average molecular weight is 405 g/mol. The Morgan fingerprint density at radius 2 is 2.00 bits per heavy atom. The highest BCUT2D eigenvalue weighted by Gasteiger charge is 2.29. The highest BCUT2D eigenvalue weighted by Crippen LogP contribution is 2.35. The largest absolute Gasteiger partial charge is 0.469 e. The van der Waals surface area contributed by atoms with E-state index in [1.165, 1.54) is 17.6 Å². The van der Waals surface area contributed by atoms with Gasteiger partial charge in [-0.1, -0.05) is 0 Å². The number of piperidine rings is 1. The molecule has 3 rings (SSSR count). The maximum atomic E-state index is 12.7. The van der Waals surface area contributed by atoms with Gasteiger partial charge >= 0.3 is 5.97 Å². The molecule has 0 N–H and O–H groups in total. The minimum absolute atomic E-state index is 0.0296. The van der Waals surface area contributed by atoms with Crippen LogP contribution in [0.25, 0.3) is 10.2 Å². The molecule has 3 heterocycles. The van der Waals surface area contributed by atoms with Crippen LogP contribution in [0.4, 0.5) is 5.82 Å². The zero-order valence-electron chi connectivity index (χ0n) is 17.0. The van der Waals surface area contributed by atoms with Crippen LogP contribution >= 0.6 is 11.3 Å². The lowest BCUT2D eigenvalue weighted by Crippen LogP contribution is -2.42. The van der Waals surface area contributed by atoms with Gasteiger partial charge in [-0.05, 0) is 38.7 Å². The Hall–Kier alpha value is -2.22. The van der Waals surface area contributed by atoms with E-state index in [0.717, 1.165) is 42.0 Å². The summed E-state index contributed by atoms with van der Waals surface area (Å²) in [6.45, 7) is 6.45. The van der Waals surface area contributed by atoms with Crippen molar-refractivity contribution in [2.45, 2.75) is 39.5 Å². The molecule has 0 unspecified atom stereocenters. The van der Waals surface area contributed by atoms with E-state index in [-0.39, 0.29) is 17.8 Å². The van der Waals surface area contributed by atoms with E-state index in [1.54, 1.807) is 22.6 Å². The van der Waals surface area contributed by atoms with Crippen molar-refractivity contribution >= 4 is 39.2 Å². The molecule has 2 aromatic heterocycles. The van der Waals surface area contributed by atoms with Crippen molar-refractivity contribution < 1.29 is 14.3 Å². The summed E-state index contributed by atoms with van der Waals surface area (Å²) in [4.78, 5) is 39.2. The number of nitrogens with zero attached hydrogens (tertiary/aromatic N) is 4. The van der Waals surface area contributed by atoms with Gasteiger partial charge < -0.3 is 14.5 Å². The lowest BCUT2D eigenvalue weighted by atomic mass is 9.95. The van der Waals surface area contributed by atoms with Crippen molar-refractivity contribution in [1.29, 1.82) is 0 Å². The Balaban J connectivity index is 1.59. The fraction of sp³-hybridized carbons (Fsp3) is 0.600. The molecule has 0 atom stereocenters. The topological polar surface area (TPSA) is 75.6 Å². The first-order chi connectivity index (χ1) is 13.4. The molecule has 0 spiro atoms. The van der Waals surface area contributed by atoms with Gasteiger partial charge in [-0.15, -0.1) is 11.3 Å². The quantitative estimate of drug-likeness (QED) is 0.689. The average Bonchev–Trinajstić information content (AvgIpc) is 3.01. The van der Waals surface area contributed by atoms with Crippen LogP contribution in [0.1, 0.15) is 36.1 Å². The molecule has 1 amide bonds. The molecule has 1 aliphatic heterocycles.